The minimum absolute atomic E-state index is 0.0218. The van der Waals surface area contributed by atoms with Crippen LogP contribution in [0, 0.1) is 11.6 Å². The first kappa shape index (κ1) is 17.7. The molecular formula is C18H16F2N4O2S. The summed E-state index contributed by atoms with van der Waals surface area (Å²) in [7, 11) is -3.81. The average Bonchev–Trinajstić information content (AvgIpc) is 3.39. The zero-order valence-electron chi connectivity index (χ0n) is 14.1. The van der Waals surface area contributed by atoms with Gasteiger partial charge in [0.05, 0.1) is 10.6 Å². The van der Waals surface area contributed by atoms with Gasteiger partial charge in [0.25, 0.3) is 0 Å². The molecule has 140 valence electrons. The number of primary sulfonamides is 1. The molecule has 0 spiro atoms. The molecule has 0 radical (unpaired) electrons. The maximum Gasteiger partial charge on any atom is 0.238 e. The van der Waals surface area contributed by atoms with Crippen molar-refractivity contribution in [3.05, 3.63) is 71.3 Å². The summed E-state index contributed by atoms with van der Waals surface area (Å²) in [5, 5.41) is 9.61. The summed E-state index contributed by atoms with van der Waals surface area (Å²) >= 11 is 0. The van der Waals surface area contributed by atoms with Crippen LogP contribution in [0.25, 0.3) is 5.69 Å². The van der Waals surface area contributed by atoms with E-state index in [4.69, 9.17) is 5.14 Å². The van der Waals surface area contributed by atoms with Gasteiger partial charge in [-0.2, -0.15) is 5.10 Å². The molecule has 0 aliphatic heterocycles. The maximum absolute atomic E-state index is 14.1. The second kappa shape index (κ2) is 6.50. The van der Waals surface area contributed by atoms with E-state index in [1.807, 2.05) is 0 Å². The van der Waals surface area contributed by atoms with Gasteiger partial charge in [0, 0.05) is 12.3 Å². The standard InChI is InChI=1S/C18H16F2N4O2S/c19-15-3-1-2-12(17(15)20)10-16-22-18(11-4-5-11)23-24(16)13-6-8-14(9-7-13)27(21,25)26/h1-3,6-9,11H,4-5,10H2,(H2,21,25,26). The summed E-state index contributed by atoms with van der Waals surface area (Å²) in [6, 6.07) is 9.85. The van der Waals surface area contributed by atoms with Crippen LogP contribution in [0.1, 0.15) is 36.0 Å². The molecular weight excluding hydrogens is 374 g/mol. The lowest BCUT2D eigenvalue weighted by molar-refractivity contribution is 0.499. The molecule has 1 fully saturated rings. The van der Waals surface area contributed by atoms with Crippen molar-refractivity contribution in [3.8, 4) is 5.69 Å². The lowest BCUT2D eigenvalue weighted by Crippen LogP contribution is -2.12. The first-order chi connectivity index (χ1) is 12.8. The molecule has 1 saturated carbocycles. The van der Waals surface area contributed by atoms with Crippen LogP contribution in [-0.4, -0.2) is 23.2 Å². The van der Waals surface area contributed by atoms with E-state index in [1.165, 1.54) is 28.9 Å². The number of nitrogens with two attached hydrogens (primary N) is 1. The highest BCUT2D eigenvalue weighted by Crippen LogP contribution is 2.38. The van der Waals surface area contributed by atoms with Crippen molar-refractivity contribution in [2.75, 3.05) is 0 Å². The monoisotopic (exact) mass is 390 g/mol. The molecule has 0 atom stereocenters. The number of hydrogen-bond acceptors (Lipinski definition) is 4. The molecule has 0 bridgehead atoms. The van der Waals surface area contributed by atoms with E-state index in [2.05, 4.69) is 10.1 Å². The van der Waals surface area contributed by atoms with E-state index in [0.29, 0.717) is 17.3 Å². The topological polar surface area (TPSA) is 90.9 Å². The van der Waals surface area contributed by atoms with Gasteiger partial charge in [-0.1, -0.05) is 12.1 Å². The largest absolute Gasteiger partial charge is 0.238 e. The van der Waals surface area contributed by atoms with E-state index in [0.717, 1.165) is 18.9 Å². The number of rotatable bonds is 5. The highest BCUT2D eigenvalue weighted by molar-refractivity contribution is 7.89. The fourth-order valence-corrected chi connectivity index (χ4v) is 3.35. The molecule has 1 aliphatic rings. The molecule has 6 nitrogen and oxygen atoms in total. The quantitative estimate of drug-likeness (QED) is 0.725. The van der Waals surface area contributed by atoms with E-state index in [-0.39, 0.29) is 22.8 Å². The van der Waals surface area contributed by atoms with Gasteiger partial charge in [-0.05, 0) is 48.7 Å². The van der Waals surface area contributed by atoms with Crippen LogP contribution in [-0.2, 0) is 16.4 Å². The Bertz CT molecular complexity index is 1110. The fourth-order valence-electron chi connectivity index (χ4n) is 2.83. The summed E-state index contributed by atoms with van der Waals surface area (Å²) in [4.78, 5) is 4.48. The van der Waals surface area contributed by atoms with Gasteiger partial charge in [-0.25, -0.2) is 32.0 Å². The molecule has 1 heterocycles. The Hall–Kier alpha value is -2.65. The summed E-state index contributed by atoms with van der Waals surface area (Å²) in [6.45, 7) is 0. The van der Waals surface area contributed by atoms with Gasteiger partial charge in [-0.15, -0.1) is 0 Å². The van der Waals surface area contributed by atoms with Crippen molar-refractivity contribution in [3.63, 3.8) is 0 Å². The lowest BCUT2D eigenvalue weighted by atomic mass is 10.1. The second-order valence-corrected chi connectivity index (χ2v) is 8.06. The summed E-state index contributed by atoms with van der Waals surface area (Å²) in [5.74, 6) is -0.462. The molecule has 3 aromatic rings. The van der Waals surface area contributed by atoms with Gasteiger partial charge >= 0.3 is 0 Å². The van der Waals surface area contributed by atoms with E-state index in [9.17, 15) is 17.2 Å². The fraction of sp³-hybridized carbons (Fsp3) is 0.222. The minimum atomic E-state index is -3.81. The maximum atomic E-state index is 14.1. The van der Waals surface area contributed by atoms with Gasteiger partial charge in [0.1, 0.15) is 5.82 Å². The van der Waals surface area contributed by atoms with E-state index < -0.39 is 21.7 Å². The molecule has 2 aromatic carbocycles. The van der Waals surface area contributed by atoms with Crippen LogP contribution in [0.3, 0.4) is 0 Å². The number of hydrogen-bond donors (Lipinski definition) is 1. The zero-order valence-corrected chi connectivity index (χ0v) is 15.0. The van der Waals surface area contributed by atoms with Crippen molar-refractivity contribution < 1.29 is 17.2 Å². The van der Waals surface area contributed by atoms with Gasteiger partial charge < -0.3 is 0 Å². The van der Waals surface area contributed by atoms with E-state index in [1.54, 1.807) is 12.1 Å². The second-order valence-electron chi connectivity index (χ2n) is 6.50. The Morgan fingerprint density at radius 3 is 2.44 bits per heavy atom. The number of benzene rings is 2. The zero-order chi connectivity index (χ0) is 19.2. The lowest BCUT2D eigenvalue weighted by Gasteiger charge is -2.08. The molecule has 9 heteroatoms. The molecule has 27 heavy (non-hydrogen) atoms. The van der Waals surface area contributed by atoms with Gasteiger partial charge in [0.15, 0.2) is 17.5 Å². The van der Waals surface area contributed by atoms with Gasteiger partial charge in [0.2, 0.25) is 10.0 Å². The molecule has 2 N–H and O–H groups in total. The predicted octanol–water partition coefficient (Wildman–Crippen LogP) is 2.66. The van der Waals surface area contributed by atoms with E-state index >= 15 is 0 Å². The van der Waals surface area contributed by atoms with Crippen molar-refractivity contribution in [2.45, 2.75) is 30.1 Å². The number of nitrogens with zero attached hydrogens (tertiary/aromatic N) is 3. The summed E-state index contributed by atoms with van der Waals surface area (Å²) < 4.78 is 52.0. The van der Waals surface area contributed by atoms with Crippen molar-refractivity contribution >= 4 is 10.0 Å². The Morgan fingerprint density at radius 2 is 1.81 bits per heavy atom. The van der Waals surface area contributed by atoms with Gasteiger partial charge in [-0.3, -0.25) is 0 Å². The molecule has 0 amide bonds. The smallest absolute Gasteiger partial charge is 0.225 e. The molecule has 1 aliphatic carbocycles. The Balaban J connectivity index is 1.75. The normalized spacial score (nSPS) is 14.5. The molecule has 4 rings (SSSR count). The van der Waals surface area contributed by atoms with Crippen molar-refractivity contribution in [2.24, 2.45) is 5.14 Å². The predicted molar refractivity (Wildman–Crippen MR) is 93.9 cm³/mol. The minimum Gasteiger partial charge on any atom is -0.225 e. The average molecular weight is 390 g/mol. The Morgan fingerprint density at radius 1 is 1.11 bits per heavy atom. The Labute approximate surface area is 154 Å². The highest BCUT2D eigenvalue weighted by Gasteiger charge is 2.29. The Kier molecular flexibility index (Phi) is 4.27. The number of sulfonamides is 1. The van der Waals surface area contributed by atoms with Crippen LogP contribution < -0.4 is 5.14 Å². The summed E-state index contributed by atoms with van der Waals surface area (Å²) in [5.41, 5.74) is 0.737. The number of aromatic nitrogens is 3. The third-order valence-corrected chi connectivity index (χ3v) is 5.35. The molecule has 0 saturated heterocycles. The SMILES string of the molecule is NS(=O)(=O)c1ccc(-n2nc(C3CC3)nc2Cc2cccc(F)c2F)cc1. The first-order valence-corrected chi connectivity index (χ1v) is 9.89. The molecule has 0 unspecified atom stereocenters. The van der Waals surface area contributed by atoms with Crippen LogP contribution in [0.5, 0.6) is 0 Å². The third kappa shape index (κ3) is 3.60. The van der Waals surface area contributed by atoms with Crippen LogP contribution in [0.15, 0.2) is 47.4 Å². The third-order valence-electron chi connectivity index (χ3n) is 4.42. The van der Waals surface area contributed by atoms with Crippen molar-refractivity contribution in [1.29, 1.82) is 0 Å². The molecule has 1 aromatic heterocycles. The summed E-state index contributed by atoms with van der Waals surface area (Å²) in [6.07, 6.45) is 2.03. The number of halogens is 2. The van der Waals surface area contributed by atoms with Crippen LogP contribution >= 0.6 is 0 Å². The van der Waals surface area contributed by atoms with Crippen molar-refractivity contribution in [1.82, 2.24) is 14.8 Å². The first-order valence-electron chi connectivity index (χ1n) is 8.35. The highest BCUT2D eigenvalue weighted by atomic mass is 32.2. The van der Waals surface area contributed by atoms with Crippen LogP contribution in [0.4, 0.5) is 8.78 Å². The van der Waals surface area contributed by atoms with Crippen LogP contribution in [0.2, 0.25) is 0 Å².